The maximum atomic E-state index is 10.0. The van der Waals surface area contributed by atoms with Crippen molar-refractivity contribution in [3.05, 3.63) is 93.7 Å². The van der Waals surface area contributed by atoms with E-state index in [1.807, 2.05) is 30.3 Å². The minimum atomic E-state index is -0.265. The van der Waals surface area contributed by atoms with Crippen molar-refractivity contribution in [3.63, 3.8) is 0 Å². The van der Waals surface area contributed by atoms with Gasteiger partial charge in [0.05, 0.1) is 17.7 Å². The second-order valence-corrected chi connectivity index (χ2v) is 8.67. The Bertz CT molecular complexity index is 1570. The Balaban J connectivity index is 1.59. The van der Waals surface area contributed by atoms with Crippen molar-refractivity contribution in [2.24, 2.45) is 0 Å². The number of nitrogens with zero attached hydrogens (tertiary/aromatic N) is 4. The number of hydrogen-bond donors (Lipinski definition) is 1. The van der Waals surface area contributed by atoms with Crippen molar-refractivity contribution < 1.29 is 14.6 Å². The van der Waals surface area contributed by atoms with Crippen LogP contribution in [0.2, 0.25) is 10.0 Å². The summed E-state index contributed by atoms with van der Waals surface area (Å²) in [5.74, 6) is 1.97. The highest BCUT2D eigenvalue weighted by Crippen LogP contribution is 2.49. The topological polar surface area (TPSA) is 81.8 Å². The molecular weight excluding hydrogens is 475 g/mol. The number of hydrogen-bond acceptors (Lipinski definition) is 6. The lowest BCUT2D eigenvalue weighted by atomic mass is 9.84. The van der Waals surface area contributed by atoms with Crippen LogP contribution in [0.4, 0.5) is 0 Å². The molecule has 0 radical (unpaired) electrons. The van der Waals surface area contributed by atoms with Crippen LogP contribution in [-0.2, 0) is 0 Å². The molecule has 6 rings (SSSR count). The van der Waals surface area contributed by atoms with E-state index in [2.05, 4.69) is 10.1 Å². The molecule has 7 nitrogen and oxygen atoms in total. The van der Waals surface area contributed by atoms with E-state index in [-0.39, 0.29) is 11.7 Å². The first-order chi connectivity index (χ1) is 16.5. The Morgan fingerprint density at radius 2 is 1.85 bits per heavy atom. The average Bonchev–Trinajstić information content (AvgIpc) is 3.27. The summed E-state index contributed by atoms with van der Waals surface area (Å²) >= 11 is 12.5. The molecule has 0 amide bonds. The highest BCUT2D eigenvalue weighted by molar-refractivity contribution is 6.36. The molecule has 0 fully saturated rings. The average molecular weight is 491 g/mol. The standard InChI is InChI=1S/C25H16Cl2N4O3/c1-33-16-6-2-13(3-7-16)21-18-9-5-15(32)11-20(18)34-25-22(21)24-29-23(30-31(24)12-28-25)17-8-4-14(26)10-19(17)27/h2-12,21,32H,1H3/t21-/m1/s1. The van der Waals surface area contributed by atoms with Gasteiger partial charge in [0.2, 0.25) is 5.88 Å². The Morgan fingerprint density at radius 3 is 2.62 bits per heavy atom. The molecule has 0 spiro atoms. The van der Waals surface area contributed by atoms with Gasteiger partial charge in [0.25, 0.3) is 0 Å². The van der Waals surface area contributed by atoms with E-state index in [1.165, 1.54) is 0 Å². The maximum Gasteiger partial charge on any atom is 0.228 e. The van der Waals surface area contributed by atoms with Crippen LogP contribution in [0.1, 0.15) is 22.6 Å². The number of benzene rings is 3. The van der Waals surface area contributed by atoms with Crippen molar-refractivity contribution >= 4 is 28.8 Å². The lowest BCUT2D eigenvalue weighted by Crippen LogP contribution is -2.15. The fraction of sp³-hybridized carbons (Fsp3) is 0.0800. The van der Waals surface area contributed by atoms with Crippen LogP contribution in [0.3, 0.4) is 0 Å². The number of phenols is 1. The van der Waals surface area contributed by atoms with E-state index >= 15 is 0 Å². The van der Waals surface area contributed by atoms with Gasteiger partial charge < -0.3 is 14.6 Å². The molecule has 0 saturated heterocycles. The van der Waals surface area contributed by atoms with Gasteiger partial charge in [-0.25, -0.2) is 14.5 Å². The normalized spacial score (nSPS) is 14.4. The third-order valence-electron chi connectivity index (χ3n) is 5.81. The zero-order chi connectivity index (χ0) is 23.4. The monoisotopic (exact) mass is 490 g/mol. The molecule has 168 valence electrons. The predicted octanol–water partition coefficient (Wildman–Crippen LogP) is 6.10. The number of aromatic nitrogens is 4. The molecule has 1 aliphatic rings. The SMILES string of the molecule is COc1ccc([C@@H]2c3ccc(O)cc3Oc3ncn4nc(-c5ccc(Cl)cc5Cl)nc4c32)cc1. The van der Waals surface area contributed by atoms with Crippen molar-refractivity contribution in [2.45, 2.75) is 5.92 Å². The van der Waals surface area contributed by atoms with Gasteiger partial charge in [-0.2, -0.15) is 0 Å². The van der Waals surface area contributed by atoms with Crippen LogP contribution in [0.15, 0.2) is 67.0 Å². The zero-order valence-electron chi connectivity index (χ0n) is 17.7. The van der Waals surface area contributed by atoms with Gasteiger partial charge in [-0.05, 0) is 42.0 Å². The van der Waals surface area contributed by atoms with Gasteiger partial charge in [0, 0.05) is 28.1 Å². The third-order valence-corrected chi connectivity index (χ3v) is 6.36. The molecule has 0 bridgehead atoms. The van der Waals surface area contributed by atoms with Crippen molar-refractivity contribution in [1.29, 1.82) is 0 Å². The quantitative estimate of drug-likeness (QED) is 0.322. The van der Waals surface area contributed by atoms with Crippen LogP contribution in [0.25, 0.3) is 17.0 Å². The molecule has 0 aliphatic carbocycles. The Hall–Kier alpha value is -3.81. The first kappa shape index (κ1) is 20.8. The number of phenolic OH excluding ortho intramolecular Hbond substituents is 1. The fourth-order valence-electron chi connectivity index (χ4n) is 4.23. The van der Waals surface area contributed by atoms with Crippen molar-refractivity contribution in [1.82, 2.24) is 19.6 Å². The summed E-state index contributed by atoms with van der Waals surface area (Å²) in [6.45, 7) is 0. The molecule has 1 atom stereocenters. The summed E-state index contributed by atoms with van der Waals surface area (Å²) in [6, 6.07) is 18.1. The fourth-order valence-corrected chi connectivity index (χ4v) is 4.72. The largest absolute Gasteiger partial charge is 0.508 e. The highest BCUT2D eigenvalue weighted by Gasteiger charge is 2.33. The highest BCUT2D eigenvalue weighted by atomic mass is 35.5. The van der Waals surface area contributed by atoms with Gasteiger partial charge in [0.15, 0.2) is 11.5 Å². The second kappa shape index (κ2) is 7.90. The van der Waals surface area contributed by atoms with Crippen LogP contribution in [-0.4, -0.2) is 31.8 Å². The lowest BCUT2D eigenvalue weighted by molar-refractivity contribution is 0.414. The summed E-state index contributed by atoms with van der Waals surface area (Å²) in [4.78, 5) is 9.32. The van der Waals surface area contributed by atoms with Crippen LogP contribution >= 0.6 is 23.2 Å². The smallest absolute Gasteiger partial charge is 0.228 e. The molecule has 3 aromatic carbocycles. The maximum absolute atomic E-state index is 10.0. The molecule has 1 aliphatic heterocycles. The minimum Gasteiger partial charge on any atom is -0.508 e. The van der Waals surface area contributed by atoms with Gasteiger partial charge in [-0.3, -0.25) is 0 Å². The molecule has 9 heteroatoms. The molecule has 2 aromatic heterocycles. The van der Waals surface area contributed by atoms with Crippen molar-refractivity contribution in [2.75, 3.05) is 7.11 Å². The number of aromatic hydroxyl groups is 1. The molecule has 34 heavy (non-hydrogen) atoms. The van der Waals surface area contributed by atoms with E-state index in [0.717, 1.165) is 22.4 Å². The van der Waals surface area contributed by atoms with Crippen LogP contribution in [0.5, 0.6) is 23.1 Å². The van der Waals surface area contributed by atoms with Gasteiger partial charge in [-0.1, -0.05) is 41.4 Å². The Labute approximate surface area is 204 Å². The number of ether oxygens (including phenoxy) is 2. The summed E-state index contributed by atoms with van der Waals surface area (Å²) in [5, 5.41) is 15.6. The third kappa shape index (κ3) is 3.32. The van der Waals surface area contributed by atoms with E-state index in [9.17, 15) is 5.11 Å². The van der Waals surface area contributed by atoms with Gasteiger partial charge >= 0.3 is 0 Å². The summed E-state index contributed by atoms with van der Waals surface area (Å²) in [7, 11) is 1.63. The first-order valence-electron chi connectivity index (χ1n) is 10.4. The number of halogens is 2. The van der Waals surface area contributed by atoms with E-state index < -0.39 is 0 Å². The Morgan fingerprint density at radius 1 is 1.03 bits per heavy atom. The van der Waals surface area contributed by atoms with E-state index in [4.69, 9.17) is 37.7 Å². The molecular formula is C25H16Cl2N4O3. The van der Waals surface area contributed by atoms with Crippen LogP contribution in [0, 0.1) is 0 Å². The number of fused-ring (bicyclic) bond motifs is 4. The molecule has 5 aromatic rings. The van der Waals surface area contributed by atoms with E-state index in [0.29, 0.717) is 38.7 Å². The number of methoxy groups -OCH3 is 1. The summed E-state index contributed by atoms with van der Waals surface area (Å²) < 4.78 is 13.0. The predicted molar refractivity (Wildman–Crippen MR) is 128 cm³/mol. The summed E-state index contributed by atoms with van der Waals surface area (Å²) in [6.07, 6.45) is 1.55. The van der Waals surface area contributed by atoms with Crippen LogP contribution < -0.4 is 9.47 Å². The zero-order valence-corrected chi connectivity index (χ0v) is 19.2. The van der Waals surface area contributed by atoms with Gasteiger partial charge in [0.1, 0.15) is 23.6 Å². The lowest BCUT2D eigenvalue weighted by Gasteiger charge is -2.28. The van der Waals surface area contributed by atoms with Gasteiger partial charge in [-0.15, -0.1) is 5.10 Å². The molecule has 0 saturated carbocycles. The molecule has 3 heterocycles. The van der Waals surface area contributed by atoms with E-state index in [1.54, 1.807) is 48.3 Å². The molecule has 0 unspecified atom stereocenters. The number of rotatable bonds is 3. The minimum absolute atomic E-state index is 0.110. The van der Waals surface area contributed by atoms with Crippen molar-refractivity contribution in [3.8, 4) is 34.5 Å². The first-order valence-corrected chi connectivity index (χ1v) is 11.1. The summed E-state index contributed by atoms with van der Waals surface area (Å²) in [5.41, 5.74) is 3.87. The Kier molecular flexibility index (Phi) is 4.83. The second-order valence-electron chi connectivity index (χ2n) is 7.82. The molecule has 1 N–H and O–H groups in total.